The van der Waals surface area contributed by atoms with Crippen molar-refractivity contribution in [3.05, 3.63) is 0 Å². The molecule has 15 heavy (non-hydrogen) atoms. The van der Waals surface area contributed by atoms with Gasteiger partial charge in [0.05, 0.1) is 5.60 Å². The van der Waals surface area contributed by atoms with Gasteiger partial charge >= 0.3 is 0 Å². The maximum absolute atomic E-state index is 10.0. The Kier molecular flexibility index (Phi) is 3.36. The maximum atomic E-state index is 10.0. The van der Waals surface area contributed by atoms with Gasteiger partial charge in [-0.2, -0.15) is 0 Å². The van der Waals surface area contributed by atoms with Gasteiger partial charge in [0, 0.05) is 12.6 Å². The molecule has 88 valence electrons. The molecule has 0 aromatic heterocycles. The van der Waals surface area contributed by atoms with E-state index in [1.165, 1.54) is 25.7 Å². The van der Waals surface area contributed by atoms with Gasteiger partial charge in [0.25, 0.3) is 0 Å². The molecule has 0 bridgehead atoms. The van der Waals surface area contributed by atoms with Gasteiger partial charge in [-0.05, 0) is 50.4 Å². The van der Waals surface area contributed by atoms with Gasteiger partial charge in [0.15, 0.2) is 0 Å². The third-order valence-electron chi connectivity index (χ3n) is 4.41. The van der Waals surface area contributed by atoms with Gasteiger partial charge < -0.3 is 10.4 Å². The Morgan fingerprint density at radius 1 is 1.27 bits per heavy atom. The molecule has 0 amide bonds. The highest BCUT2D eigenvalue weighted by molar-refractivity contribution is 4.92. The Morgan fingerprint density at radius 2 is 2.00 bits per heavy atom. The lowest BCUT2D eigenvalue weighted by molar-refractivity contribution is -0.0356. The fraction of sp³-hybridized carbons (Fsp3) is 1.00. The fourth-order valence-electron chi connectivity index (χ4n) is 3.05. The highest BCUT2D eigenvalue weighted by Crippen LogP contribution is 2.32. The second-order valence-electron chi connectivity index (χ2n) is 5.96. The number of hydrogen-bond acceptors (Lipinski definition) is 2. The van der Waals surface area contributed by atoms with E-state index in [1.54, 1.807) is 0 Å². The summed E-state index contributed by atoms with van der Waals surface area (Å²) in [5.74, 6) is 1.67. The minimum Gasteiger partial charge on any atom is -0.389 e. The smallest absolute Gasteiger partial charge is 0.0771 e. The lowest BCUT2D eigenvalue weighted by atomic mass is 9.77. The minimum absolute atomic E-state index is 0.358. The van der Waals surface area contributed by atoms with Crippen LogP contribution in [0.25, 0.3) is 0 Å². The van der Waals surface area contributed by atoms with Crippen LogP contribution in [0.5, 0.6) is 0 Å². The summed E-state index contributed by atoms with van der Waals surface area (Å²) in [5.41, 5.74) is -0.358. The standard InChI is InChI=1S/C13H25NO/c1-10-4-5-12(11(2)8-10)14-9-13(15)6-3-7-13/h10-12,14-15H,3-9H2,1-2H3. The molecule has 0 aliphatic heterocycles. The zero-order valence-electron chi connectivity index (χ0n) is 10.1. The summed E-state index contributed by atoms with van der Waals surface area (Å²) >= 11 is 0. The summed E-state index contributed by atoms with van der Waals surface area (Å²) in [6, 6.07) is 0.644. The SMILES string of the molecule is CC1CCC(NCC2(O)CCC2)C(C)C1. The van der Waals surface area contributed by atoms with Crippen molar-refractivity contribution in [1.82, 2.24) is 5.32 Å². The van der Waals surface area contributed by atoms with E-state index in [0.29, 0.717) is 6.04 Å². The predicted octanol–water partition coefficient (Wildman–Crippen LogP) is 2.32. The van der Waals surface area contributed by atoms with Crippen LogP contribution in [0.3, 0.4) is 0 Å². The van der Waals surface area contributed by atoms with E-state index >= 15 is 0 Å². The van der Waals surface area contributed by atoms with Crippen molar-refractivity contribution in [2.24, 2.45) is 11.8 Å². The topological polar surface area (TPSA) is 32.3 Å². The molecule has 2 heteroatoms. The maximum Gasteiger partial charge on any atom is 0.0771 e. The Bertz CT molecular complexity index is 213. The molecule has 2 fully saturated rings. The molecule has 2 N–H and O–H groups in total. The minimum atomic E-state index is -0.358. The quantitative estimate of drug-likeness (QED) is 0.751. The highest BCUT2D eigenvalue weighted by Gasteiger charge is 2.35. The van der Waals surface area contributed by atoms with Crippen LogP contribution in [-0.2, 0) is 0 Å². The summed E-state index contributed by atoms with van der Waals surface area (Å²) < 4.78 is 0. The van der Waals surface area contributed by atoms with Gasteiger partial charge in [0.2, 0.25) is 0 Å². The van der Waals surface area contributed by atoms with Crippen LogP contribution in [-0.4, -0.2) is 23.3 Å². The molecule has 0 aromatic rings. The van der Waals surface area contributed by atoms with Crippen LogP contribution in [0.4, 0.5) is 0 Å². The number of rotatable bonds is 3. The van der Waals surface area contributed by atoms with E-state index in [1.807, 2.05) is 0 Å². The van der Waals surface area contributed by atoms with E-state index in [-0.39, 0.29) is 5.60 Å². The summed E-state index contributed by atoms with van der Waals surface area (Å²) in [5, 5.41) is 13.6. The van der Waals surface area contributed by atoms with Crippen molar-refractivity contribution in [3.63, 3.8) is 0 Å². The summed E-state index contributed by atoms with van der Waals surface area (Å²) in [6.07, 6.45) is 7.18. The second kappa shape index (κ2) is 4.42. The molecule has 2 rings (SSSR count). The lowest BCUT2D eigenvalue weighted by Crippen LogP contribution is -2.51. The van der Waals surface area contributed by atoms with Crippen LogP contribution >= 0.6 is 0 Å². The van der Waals surface area contributed by atoms with Crippen LogP contribution in [0.15, 0.2) is 0 Å². The first kappa shape index (κ1) is 11.4. The van der Waals surface area contributed by atoms with E-state index in [0.717, 1.165) is 31.2 Å². The highest BCUT2D eigenvalue weighted by atomic mass is 16.3. The van der Waals surface area contributed by atoms with Crippen molar-refractivity contribution in [1.29, 1.82) is 0 Å². The molecular weight excluding hydrogens is 186 g/mol. The van der Waals surface area contributed by atoms with Crippen molar-refractivity contribution >= 4 is 0 Å². The van der Waals surface area contributed by atoms with Crippen LogP contribution in [0.1, 0.15) is 52.4 Å². The first-order valence-electron chi connectivity index (χ1n) is 6.55. The van der Waals surface area contributed by atoms with E-state index in [4.69, 9.17) is 0 Å². The van der Waals surface area contributed by atoms with Crippen LogP contribution < -0.4 is 5.32 Å². The fourth-order valence-corrected chi connectivity index (χ4v) is 3.05. The average molecular weight is 211 g/mol. The molecule has 0 saturated heterocycles. The molecule has 0 radical (unpaired) electrons. The van der Waals surface area contributed by atoms with Gasteiger partial charge in [0.1, 0.15) is 0 Å². The summed E-state index contributed by atoms with van der Waals surface area (Å²) in [7, 11) is 0. The monoisotopic (exact) mass is 211 g/mol. The van der Waals surface area contributed by atoms with Gasteiger partial charge in [-0.1, -0.05) is 13.8 Å². The summed E-state index contributed by atoms with van der Waals surface area (Å²) in [4.78, 5) is 0. The molecule has 2 saturated carbocycles. The van der Waals surface area contributed by atoms with E-state index < -0.39 is 0 Å². The molecular formula is C13H25NO. The normalized spacial score (nSPS) is 39.8. The number of hydrogen-bond donors (Lipinski definition) is 2. The van der Waals surface area contributed by atoms with Crippen molar-refractivity contribution in [2.45, 2.75) is 64.0 Å². The largest absolute Gasteiger partial charge is 0.389 e. The van der Waals surface area contributed by atoms with E-state index in [9.17, 15) is 5.11 Å². The second-order valence-corrected chi connectivity index (χ2v) is 5.96. The van der Waals surface area contributed by atoms with Crippen molar-refractivity contribution in [2.75, 3.05) is 6.54 Å². The molecule has 2 aliphatic rings. The number of nitrogens with one attached hydrogen (secondary N) is 1. The molecule has 2 nitrogen and oxygen atoms in total. The Morgan fingerprint density at radius 3 is 2.53 bits per heavy atom. The zero-order valence-corrected chi connectivity index (χ0v) is 10.1. The van der Waals surface area contributed by atoms with E-state index in [2.05, 4.69) is 19.2 Å². The number of aliphatic hydroxyl groups is 1. The zero-order chi connectivity index (χ0) is 10.9. The molecule has 2 aliphatic carbocycles. The average Bonchev–Trinajstić information content (AvgIpc) is 2.14. The molecule has 3 atom stereocenters. The first-order chi connectivity index (χ1) is 7.09. The molecule has 0 aromatic carbocycles. The third-order valence-corrected chi connectivity index (χ3v) is 4.41. The van der Waals surface area contributed by atoms with Crippen LogP contribution in [0.2, 0.25) is 0 Å². The molecule has 0 spiro atoms. The molecule has 3 unspecified atom stereocenters. The van der Waals surface area contributed by atoms with Gasteiger partial charge in [-0.25, -0.2) is 0 Å². The Labute approximate surface area is 93.5 Å². The Balaban J connectivity index is 1.74. The van der Waals surface area contributed by atoms with Crippen molar-refractivity contribution in [3.8, 4) is 0 Å². The van der Waals surface area contributed by atoms with Crippen molar-refractivity contribution < 1.29 is 5.11 Å². The Hall–Kier alpha value is -0.0800. The molecule has 0 heterocycles. The van der Waals surface area contributed by atoms with Crippen LogP contribution in [0, 0.1) is 11.8 Å². The van der Waals surface area contributed by atoms with Gasteiger partial charge in [-0.3, -0.25) is 0 Å². The summed E-state index contributed by atoms with van der Waals surface area (Å²) in [6.45, 7) is 5.51. The predicted molar refractivity (Wildman–Crippen MR) is 62.8 cm³/mol. The third kappa shape index (κ3) is 2.73. The first-order valence-corrected chi connectivity index (χ1v) is 6.55. The lowest BCUT2D eigenvalue weighted by Gasteiger charge is -2.40. The van der Waals surface area contributed by atoms with Gasteiger partial charge in [-0.15, -0.1) is 0 Å².